The molecule has 0 unspecified atom stereocenters. The molecule has 0 saturated heterocycles. The Morgan fingerprint density at radius 3 is 1.93 bits per heavy atom. The Morgan fingerprint density at radius 1 is 1.33 bits per heavy atom. The molecule has 0 saturated carbocycles. The third-order valence-electron chi connectivity index (χ3n) is 1.62. The van der Waals surface area contributed by atoms with E-state index in [2.05, 4.69) is 4.52 Å². The SMILES string of the molecule is CC(C)N.CCC(COP=O)(OC)OC. The minimum absolute atomic E-state index is 0.168. The van der Waals surface area contributed by atoms with Gasteiger partial charge in [-0.25, -0.2) is 4.57 Å². The standard InChI is InChI=1S/C6H13O4P.C3H9N/c1-4-6(8-2,9-3)5-10-11-7;1-3(2)4/h4-5H2,1-3H3;3H,4H2,1-2H3. The van der Waals surface area contributed by atoms with Crippen LogP contribution in [0.5, 0.6) is 0 Å². The lowest BCUT2D eigenvalue weighted by Gasteiger charge is -2.27. The van der Waals surface area contributed by atoms with Gasteiger partial charge in [0.25, 0.3) is 0 Å². The van der Waals surface area contributed by atoms with Gasteiger partial charge in [-0.05, 0) is 6.04 Å². The summed E-state index contributed by atoms with van der Waals surface area (Å²) >= 11 is 0. The van der Waals surface area contributed by atoms with Gasteiger partial charge in [-0.2, -0.15) is 0 Å². The largest absolute Gasteiger partial charge is 0.351 e. The van der Waals surface area contributed by atoms with Crippen LogP contribution in [-0.4, -0.2) is 32.7 Å². The van der Waals surface area contributed by atoms with E-state index in [0.29, 0.717) is 12.5 Å². The lowest BCUT2D eigenvalue weighted by molar-refractivity contribution is -0.222. The predicted octanol–water partition coefficient (Wildman–Crippen LogP) is 1.96. The van der Waals surface area contributed by atoms with Crippen LogP contribution in [-0.2, 0) is 18.6 Å². The van der Waals surface area contributed by atoms with Gasteiger partial charge in [0.05, 0.1) is 0 Å². The van der Waals surface area contributed by atoms with Crippen molar-refractivity contribution in [3.8, 4) is 0 Å². The summed E-state index contributed by atoms with van der Waals surface area (Å²) in [6, 6.07) is 0.333. The van der Waals surface area contributed by atoms with Crippen molar-refractivity contribution in [2.75, 3.05) is 20.8 Å². The molecule has 0 aliphatic rings. The fourth-order valence-electron chi connectivity index (χ4n) is 0.717. The Bertz CT molecular complexity index is 140. The molecule has 0 fully saturated rings. The van der Waals surface area contributed by atoms with Gasteiger partial charge in [-0.1, -0.05) is 20.8 Å². The minimum Gasteiger partial charge on any atom is -0.351 e. The Labute approximate surface area is 93.6 Å². The monoisotopic (exact) mass is 239 g/mol. The van der Waals surface area contributed by atoms with Gasteiger partial charge in [-0.15, -0.1) is 0 Å². The average molecular weight is 239 g/mol. The Hall–Kier alpha value is -0.0600. The first kappa shape index (κ1) is 17.3. The van der Waals surface area contributed by atoms with Crippen molar-refractivity contribution in [3.63, 3.8) is 0 Å². The van der Waals surface area contributed by atoms with Crippen molar-refractivity contribution in [3.05, 3.63) is 0 Å². The zero-order valence-corrected chi connectivity index (χ0v) is 11.0. The summed E-state index contributed by atoms with van der Waals surface area (Å²) in [6.07, 6.45) is 0.648. The Kier molecular flexibility index (Phi) is 12.1. The summed E-state index contributed by atoms with van der Waals surface area (Å²) in [5.41, 5.74) is 5.11. The van der Waals surface area contributed by atoms with E-state index >= 15 is 0 Å². The van der Waals surface area contributed by atoms with E-state index in [1.807, 2.05) is 20.8 Å². The van der Waals surface area contributed by atoms with Gasteiger partial charge in [-0.3, -0.25) is 4.52 Å². The molecule has 0 spiro atoms. The highest BCUT2D eigenvalue weighted by atomic mass is 31.1. The highest BCUT2D eigenvalue weighted by Crippen LogP contribution is 2.17. The van der Waals surface area contributed by atoms with Crippen LogP contribution in [0.25, 0.3) is 0 Å². The summed E-state index contributed by atoms with van der Waals surface area (Å²) in [5.74, 6) is -0.753. The van der Waals surface area contributed by atoms with E-state index in [1.54, 1.807) is 0 Å². The summed E-state index contributed by atoms with van der Waals surface area (Å²) in [5, 5.41) is 0. The lowest BCUT2D eigenvalue weighted by Crippen LogP contribution is -2.37. The molecule has 0 rings (SSSR count). The molecule has 0 aromatic rings. The molecule has 0 amide bonds. The molecule has 0 heterocycles. The fourth-order valence-corrected chi connectivity index (χ4v) is 0.966. The number of ether oxygens (including phenoxy) is 2. The smallest absolute Gasteiger partial charge is 0.327 e. The van der Waals surface area contributed by atoms with Crippen molar-refractivity contribution >= 4 is 8.69 Å². The van der Waals surface area contributed by atoms with Crippen molar-refractivity contribution in [1.82, 2.24) is 0 Å². The van der Waals surface area contributed by atoms with Gasteiger partial charge in [0, 0.05) is 20.6 Å². The Balaban J connectivity index is 0. The molecule has 0 aliphatic carbocycles. The number of nitrogens with two attached hydrogens (primary N) is 1. The molecular weight excluding hydrogens is 217 g/mol. The van der Waals surface area contributed by atoms with Gasteiger partial charge >= 0.3 is 8.69 Å². The summed E-state index contributed by atoms with van der Waals surface area (Å²) in [7, 11) is 2.70. The van der Waals surface area contributed by atoms with E-state index in [1.165, 1.54) is 14.2 Å². The van der Waals surface area contributed by atoms with Crippen molar-refractivity contribution < 1.29 is 18.6 Å². The molecule has 15 heavy (non-hydrogen) atoms. The molecule has 0 radical (unpaired) electrons. The van der Waals surface area contributed by atoms with Crippen LogP contribution in [0.2, 0.25) is 0 Å². The van der Waals surface area contributed by atoms with Crippen LogP contribution in [0.15, 0.2) is 0 Å². The quantitative estimate of drug-likeness (QED) is 0.566. The normalized spacial score (nSPS) is 11.4. The van der Waals surface area contributed by atoms with Gasteiger partial charge in [0.15, 0.2) is 5.79 Å². The van der Waals surface area contributed by atoms with Crippen LogP contribution in [0.4, 0.5) is 0 Å². The summed E-state index contributed by atoms with van der Waals surface area (Å²) < 4.78 is 24.7. The first-order chi connectivity index (χ1) is 6.97. The molecule has 0 bridgehead atoms. The number of methoxy groups -OCH3 is 2. The molecule has 0 aromatic carbocycles. The highest BCUT2D eigenvalue weighted by molar-refractivity contribution is 7.17. The van der Waals surface area contributed by atoms with Gasteiger partial charge in [0.2, 0.25) is 0 Å². The number of hydrogen-bond donors (Lipinski definition) is 1. The molecular formula is C9H22NO4P. The first-order valence-corrected chi connectivity index (χ1v) is 5.51. The van der Waals surface area contributed by atoms with Crippen LogP contribution in [0, 0.1) is 0 Å². The third kappa shape index (κ3) is 10.2. The molecule has 0 aliphatic heterocycles. The lowest BCUT2D eigenvalue weighted by atomic mass is 10.2. The topological polar surface area (TPSA) is 70.8 Å². The minimum atomic E-state index is -0.753. The number of hydrogen-bond acceptors (Lipinski definition) is 5. The molecule has 0 aromatic heterocycles. The molecule has 2 N–H and O–H groups in total. The second-order valence-electron chi connectivity index (χ2n) is 3.26. The summed E-state index contributed by atoms with van der Waals surface area (Å²) in [4.78, 5) is 0. The summed E-state index contributed by atoms with van der Waals surface area (Å²) in [6.45, 7) is 5.96. The van der Waals surface area contributed by atoms with Gasteiger partial charge in [0.1, 0.15) is 6.61 Å². The maximum atomic E-state index is 9.96. The van der Waals surface area contributed by atoms with E-state index in [-0.39, 0.29) is 15.3 Å². The van der Waals surface area contributed by atoms with Gasteiger partial charge < -0.3 is 15.2 Å². The van der Waals surface area contributed by atoms with E-state index in [0.717, 1.165) is 0 Å². The first-order valence-electron chi connectivity index (χ1n) is 4.78. The zero-order valence-electron chi connectivity index (χ0n) is 10.1. The maximum Gasteiger partial charge on any atom is 0.327 e. The molecule has 92 valence electrons. The van der Waals surface area contributed by atoms with Crippen LogP contribution in [0.3, 0.4) is 0 Å². The van der Waals surface area contributed by atoms with Crippen LogP contribution < -0.4 is 5.73 Å². The second-order valence-corrected chi connectivity index (χ2v) is 3.67. The average Bonchev–Trinajstić information content (AvgIpc) is 2.20. The fraction of sp³-hybridized carbons (Fsp3) is 1.00. The molecule has 6 heteroatoms. The highest BCUT2D eigenvalue weighted by Gasteiger charge is 2.27. The van der Waals surface area contributed by atoms with Crippen molar-refractivity contribution in [2.45, 2.75) is 39.0 Å². The van der Waals surface area contributed by atoms with E-state index in [4.69, 9.17) is 15.2 Å². The van der Waals surface area contributed by atoms with E-state index < -0.39 is 5.79 Å². The van der Waals surface area contributed by atoms with Crippen LogP contribution >= 0.6 is 8.69 Å². The number of rotatable bonds is 6. The van der Waals surface area contributed by atoms with E-state index in [9.17, 15) is 4.57 Å². The van der Waals surface area contributed by atoms with Crippen LogP contribution in [0.1, 0.15) is 27.2 Å². The zero-order chi connectivity index (χ0) is 12.3. The predicted molar refractivity (Wildman–Crippen MR) is 59.9 cm³/mol. The maximum absolute atomic E-state index is 9.96. The van der Waals surface area contributed by atoms with Crippen molar-refractivity contribution in [2.24, 2.45) is 5.73 Å². The second kappa shape index (κ2) is 10.5. The molecule has 5 nitrogen and oxygen atoms in total. The molecule has 0 atom stereocenters. The third-order valence-corrected chi connectivity index (χ3v) is 1.85. The Morgan fingerprint density at radius 2 is 1.73 bits per heavy atom. The van der Waals surface area contributed by atoms with Crippen molar-refractivity contribution in [1.29, 1.82) is 0 Å².